The lowest BCUT2D eigenvalue weighted by molar-refractivity contribution is 1.35. The minimum Gasteiger partial charge on any atom is -0.360 e. The molecule has 14 heavy (non-hydrogen) atoms. The molecule has 2 heterocycles. The summed E-state index contributed by atoms with van der Waals surface area (Å²) in [5.74, 6) is 0. The van der Waals surface area contributed by atoms with Crippen molar-refractivity contribution in [2.75, 3.05) is 0 Å². The molecule has 2 aromatic rings. The van der Waals surface area contributed by atoms with Crippen molar-refractivity contribution < 1.29 is 0 Å². The Morgan fingerprint density at radius 3 is 3.36 bits per heavy atom. The van der Waals surface area contributed by atoms with Crippen LogP contribution in [0.1, 0.15) is 12.0 Å². The topological polar surface area (TPSA) is 52.5 Å². The third-order valence-electron chi connectivity index (χ3n) is 1.94. The van der Waals surface area contributed by atoms with E-state index < -0.39 is 0 Å². The summed E-state index contributed by atoms with van der Waals surface area (Å²) in [5, 5.41) is 8.36. The van der Waals surface area contributed by atoms with Gasteiger partial charge in [0.15, 0.2) is 0 Å². The molecule has 0 aromatic carbocycles. The molecule has 0 radical (unpaired) electrons. The zero-order chi connectivity index (χ0) is 9.80. The lowest BCUT2D eigenvalue weighted by Crippen LogP contribution is -1.77. The van der Waals surface area contributed by atoms with Crippen molar-refractivity contribution in [3.8, 4) is 6.07 Å². The first-order valence-corrected chi connectivity index (χ1v) is 4.37. The molecule has 3 nitrogen and oxygen atoms in total. The lowest BCUT2D eigenvalue weighted by Gasteiger charge is -1.92. The molecule has 0 aliphatic rings. The zero-order valence-corrected chi connectivity index (χ0v) is 7.57. The predicted octanol–water partition coefficient (Wildman–Crippen LogP) is 2.49. The van der Waals surface area contributed by atoms with Crippen LogP contribution in [0.25, 0.3) is 17.1 Å². The van der Waals surface area contributed by atoms with E-state index in [0.29, 0.717) is 6.42 Å². The van der Waals surface area contributed by atoms with Crippen molar-refractivity contribution in [3.05, 3.63) is 36.2 Å². The second kappa shape index (κ2) is 3.75. The Kier molecular flexibility index (Phi) is 2.28. The minimum absolute atomic E-state index is 0.433. The van der Waals surface area contributed by atoms with Crippen LogP contribution in [0.5, 0.6) is 0 Å². The number of nitrogens with zero attached hydrogens (tertiary/aromatic N) is 2. The van der Waals surface area contributed by atoms with E-state index in [-0.39, 0.29) is 0 Å². The summed E-state index contributed by atoms with van der Waals surface area (Å²) in [6, 6.07) is 5.99. The average Bonchev–Trinajstić information content (AvgIpc) is 2.65. The number of hydrogen-bond acceptors (Lipinski definition) is 2. The SMILES string of the molecule is N#CCC=Cc1cnc2cc[nH]c2c1. The van der Waals surface area contributed by atoms with Crippen LogP contribution >= 0.6 is 0 Å². The molecule has 0 amide bonds. The molecule has 68 valence electrons. The molecule has 2 aromatic heterocycles. The summed E-state index contributed by atoms with van der Waals surface area (Å²) in [6.07, 6.45) is 7.82. The summed E-state index contributed by atoms with van der Waals surface area (Å²) < 4.78 is 0. The summed E-state index contributed by atoms with van der Waals surface area (Å²) >= 11 is 0. The van der Waals surface area contributed by atoms with E-state index >= 15 is 0 Å². The Balaban J connectivity index is 2.31. The van der Waals surface area contributed by atoms with E-state index in [2.05, 4.69) is 16.0 Å². The molecule has 0 fully saturated rings. The molecule has 0 saturated heterocycles. The van der Waals surface area contributed by atoms with E-state index in [0.717, 1.165) is 16.6 Å². The van der Waals surface area contributed by atoms with Gasteiger partial charge in [-0.25, -0.2) is 0 Å². The highest BCUT2D eigenvalue weighted by Gasteiger charge is 1.94. The minimum atomic E-state index is 0.433. The van der Waals surface area contributed by atoms with Gasteiger partial charge >= 0.3 is 0 Å². The van der Waals surface area contributed by atoms with Crippen LogP contribution in [0.2, 0.25) is 0 Å². The van der Waals surface area contributed by atoms with Gasteiger partial charge in [0.25, 0.3) is 0 Å². The van der Waals surface area contributed by atoms with Crippen molar-refractivity contribution in [3.63, 3.8) is 0 Å². The van der Waals surface area contributed by atoms with Gasteiger partial charge in [-0.1, -0.05) is 12.2 Å². The molecular weight excluding hydrogens is 174 g/mol. The highest BCUT2D eigenvalue weighted by molar-refractivity contribution is 5.77. The van der Waals surface area contributed by atoms with Crippen molar-refractivity contribution in [1.29, 1.82) is 5.26 Å². The highest BCUT2D eigenvalue weighted by Crippen LogP contribution is 2.11. The summed E-state index contributed by atoms with van der Waals surface area (Å²) in [5.41, 5.74) is 2.99. The Morgan fingerprint density at radius 2 is 2.50 bits per heavy atom. The fraction of sp³-hybridized carbons (Fsp3) is 0.0909. The number of allylic oxidation sites excluding steroid dienone is 1. The number of H-pyrrole nitrogens is 1. The van der Waals surface area contributed by atoms with E-state index in [4.69, 9.17) is 5.26 Å². The fourth-order valence-electron chi connectivity index (χ4n) is 1.29. The first-order valence-electron chi connectivity index (χ1n) is 4.37. The number of fused-ring (bicyclic) bond motifs is 1. The number of nitriles is 1. The Morgan fingerprint density at radius 1 is 1.57 bits per heavy atom. The Hall–Kier alpha value is -2.08. The van der Waals surface area contributed by atoms with Crippen LogP contribution in [0, 0.1) is 11.3 Å². The monoisotopic (exact) mass is 183 g/mol. The van der Waals surface area contributed by atoms with Crippen LogP contribution in [0.3, 0.4) is 0 Å². The summed E-state index contributed by atoms with van der Waals surface area (Å²) in [7, 11) is 0. The van der Waals surface area contributed by atoms with Crippen LogP contribution in [0.15, 0.2) is 30.6 Å². The molecule has 0 saturated carbocycles. The Labute approximate surface area is 81.7 Å². The fourth-order valence-corrected chi connectivity index (χ4v) is 1.29. The first kappa shape index (κ1) is 8.52. The molecular formula is C11H9N3. The summed E-state index contributed by atoms with van der Waals surface area (Å²) in [4.78, 5) is 7.34. The van der Waals surface area contributed by atoms with Crippen molar-refractivity contribution in [1.82, 2.24) is 9.97 Å². The predicted molar refractivity (Wildman–Crippen MR) is 55.4 cm³/mol. The van der Waals surface area contributed by atoms with E-state index in [1.807, 2.05) is 30.5 Å². The van der Waals surface area contributed by atoms with Gasteiger partial charge in [-0.3, -0.25) is 4.98 Å². The molecule has 0 bridgehead atoms. The third kappa shape index (κ3) is 1.64. The molecule has 3 heteroatoms. The first-order chi connectivity index (χ1) is 6.90. The van der Waals surface area contributed by atoms with Crippen LogP contribution < -0.4 is 0 Å². The molecule has 0 aliphatic heterocycles. The van der Waals surface area contributed by atoms with Crippen LogP contribution in [0.4, 0.5) is 0 Å². The number of rotatable bonds is 2. The van der Waals surface area contributed by atoms with Crippen LogP contribution in [-0.4, -0.2) is 9.97 Å². The molecule has 0 aliphatic carbocycles. The lowest BCUT2D eigenvalue weighted by atomic mass is 10.2. The van der Waals surface area contributed by atoms with Gasteiger partial charge < -0.3 is 4.98 Å². The van der Waals surface area contributed by atoms with Crippen LogP contribution in [-0.2, 0) is 0 Å². The quantitative estimate of drug-likeness (QED) is 0.777. The molecule has 2 rings (SSSR count). The number of nitrogens with one attached hydrogen (secondary N) is 1. The second-order valence-electron chi connectivity index (χ2n) is 2.94. The third-order valence-corrected chi connectivity index (χ3v) is 1.94. The second-order valence-corrected chi connectivity index (χ2v) is 2.94. The maximum absolute atomic E-state index is 8.36. The number of pyridine rings is 1. The van der Waals surface area contributed by atoms with E-state index in [1.54, 1.807) is 6.20 Å². The summed E-state index contributed by atoms with van der Waals surface area (Å²) in [6.45, 7) is 0. The molecule has 0 unspecified atom stereocenters. The van der Waals surface area contributed by atoms with Gasteiger partial charge in [0.1, 0.15) is 0 Å². The molecule has 0 atom stereocenters. The van der Waals surface area contributed by atoms with Crippen molar-refractivity contribution >= 4 is 17.1 Å². The highest BCUT2D eigenvalue weighted by atomic mass is 14.7. The van der Waals surface area contributed by atoms with Gasteiger partial charge in [0.2, 0.25) is 0 Å². The molecule has 0 spiro atoms. The average molecular weight is 183 g/mol. The Bertz CT molecular complexity index is 502. The van der Waals surface area contributed by atoms with Gasteiger partial charge in [0.05, 0.1) is 23.5 Å². The molecule has 1 N–H and O–H groups in total. The van der Waals surface area contributed by atoms with Gasteiger partial charge in [-0.2, -0.15) is 5.26 Å². The van der Waals surface area contributed by atoms with Crippen molar-refractivity contribution in [2.24, 2.45) is 0 Å². The number of hydrogen-bond donors (Lipinski definition) is 1. The normalized spacial score (nSPS) is 10.8. The zero-order valence-electron chi connectivity index (χ0n) is 7.57. The standard InChI is InChI=1S/C11H9N3/c12-5-2-1-3-9-7-11-10(14-8-9)4-6-13-11/h1,3-4,6-8,13H,2H2. The van der Waals surface area contributed by atoms with Gasteiger partial charge in [-0.15, -0.1) is 0 Å². The smallest absolute Gasteiger partial charge is 0.0879 e. The van der Waals surface area contributed by atoms with E-state index in [9.17, 15) is 0 Å². The van der Waals surface area contributed by atoms with Crippen molar-refractivity contribution in [2.45, 2.75) is 6.42 Å². The van der Waals surface area contributed by atoms with E-state index in [1.165, 1.54) is 0 Å². The maximum atomic E-state index is 8.36. The number of aromatic amines is 1. The largest absolute Gasteiger partial charge is 0.360 e. The number of aromatic nitrogens is 2. The maximum Gasteiger partial charge on any atom is 0.0879 e. The van der Waals surface area contributed by atoms with Gasteiger partial charge in [0, 0.05) is 12.4 Å². The van der Waals surface area contributed by atoms with Gasteiger partial charge in [-0.05, 0) is 17.7 Å².